The van der Waals surface area contributed by atoms with Crippen LogP contribution in [0.1, 0.15) is 40.3 Å². The van der Waals surface area contributed by atoms with E-state index in [2.05, 4.69) is 10.3 Å². The van der Waals surface area contributed by atoms with Crippen LogP contribution >= 0.6 is 11.3 Å². The van der Waals surface area contributed by atoms with Crippen LogP contribution in [0, 0.1) is 5.82 Å². The number of halogens is 1. The van der Waals surface area contributed by atoms with Gasteiger partial charge in [-0.2, -0.15) is 0 Å². The molecule has 1 saturated heterocycles. The number of amides is 2. The van der Waals surface area contributed by atoms with Crippen LogP contribution < -0.4 is 11.1 Å². The number of aromatic nitrogens is 1. The molecule has 0 spiro atoms. The summed E-state index contributed by atoms with van der Waals surface area (Å²) in [5.41, 5.74) is 7.03. The Labute approximate surface area is 206 Å². The minimum absolute atomic E-state index is 0.0434. The third kappa shape index (κ3) is 5.84. The molecule has 1 aliphatic heterocycles. The van der Waals surface area contributed by atoms with E-state index < -0.39 is 17.8 Å². The summed E-state index contributed by atoms with van der Waals surface area (Å²) in [7, 11) is 0. The van der Waals surface area contributed by atoms with Gasteiger partial charge in [0.1, 0.15) is 22.3 Å². The summed E-state index contributed by atoms with van der Waals surface area (Å²) in [5.74, 6) is -0.973. The Morgan fingerprint density at radius 1 is 1.34 bits per heavy atom. The molecular weight excluding hydrogens is 471 g/mol. The molecule has 1 aliphatic rings. The van der Waals surface area contributed by atoms with E-state index in [1.807, 2.05) is 6.92 Å². The molecule has 0 radical (unpaired) electrons. The number of morpholine rings is 1. The molecule has 0 bridgehead atoms. The van der Waals surface area contributed by atoms with E-state index in [0.717, 1.165) is 11.3 Å². The van der Waals surface area contributed by atoms with Gasteiger partial charge in [0.25, 0.3) is 11.8 Å². The van der Waals surface area contributed by atoms with Gasteiger partial charge in [0.05, 0.1) is 24.4 Å². The summed E-state index contributed by atoms with van der Waals surface area (Å²) in [6, 6.07) is 11.3. The smallest absolute Gasteiger partial charge is 0.272 e. The fourth-order valence-corrected chi connectivity index (χ4v) is 5.03. The largest absolute Gasteiger partial charge is 0.393 e. The molecule has 0 saturated carbocycles. The lowest BCUT2D eigenvalue weighted by Gasteiger charge is -2.30. The maximum Gasteiger partial charge on any atom is 0.272 e. The zero-order valence-corrected chi connectivity index (χ0v) is 20.3. The van der Waals surface area contributed by atoms with Crippen LogP contribution in [0.5, 0.6) is 0 Å². The summed E-state index contributed by atoms with van der Waals surface area (Å²) in [6.45, 7) is 5.00. The Morgan fingerprint density at radius 2 is 2.14 bits per heavy atom. The highest BCUT2D eigenvalue weighted by Crippen LogP contribution is 2.38. The molecule has 184 valence electrons. The fourth-order valence-electron chi connectivity index (χ4n) is 3.93. The fraction of sp³-hybridized carbons (Fsp3) is 0.320. The van der Waals surface area contributed by atoms with Crippen molar-refractivity contribution in [3.63, 3.8) is 0 Å². The Morgan fingerprint density at radius 3 is 2.83 bits per heavy atom. The highest BCUT2D eigenvalue weighted by atomic mass is 32.1. The number of carbonyl (C=O) groups excluding carboxylic acids is 2. The summed E-state index contributed by atoms with van der Waals surface area (Å²) in [6.07, 6.45) is -0.287. The predicted octanol–water partition coefficient (Wildman–Crippen LogP) is 3.58. The molecule has 2 amide bonds. The molecule has 2 aromatic heterocycles. The van der Waals surface area contributed by atoms with Crippen molar-refractivity contribution in [1.82, 2.24) is 9.88 Å². The number of benzene rings is 1. The van der Waals surface area contributed by atoms with E-state index in [1.165, 1.54) is 12.1 Å². The second-order valence-electron chi connectivity index (χ2n) is 8.55. The minimum atomic E-state index is -0.671. The van der Waals surface area contributed by atoms with Crippen LogP contribution in [-0.4, -0.2) is 58.7 Å². The number of pyridine rings is 1. The number of rotatable bonds is 7. The van der Waals surface area contributed by atoms with Crippen molar-refractivity contribution < 1.29 is 23.8 Å². The summed E-state index contributed by atoms with van der Waals surface area (Å²) in [4.78, 5) is 31.6. The van der Waals surface area contributed by atoms with E-state index in [-0.39, 0.29) is 23.3 Å². The summed E-state index contributed by atoms with van der Waals surface area (Å²) < 4.78 is 20.3. The van der Waals surface area contributed by atoms with Crippen molar-refractivity contribution >= 4 is 34.0 Å². The number of carbonyl (C=O) groups is 2. The number of hydrogen-bond donors (Lipinski definition) is 3. The lowest BCUT2D eigenvalue weighted by atomic mass is 10.0. The van der Waals surface area contributed by atoms with Gasteiger partial charge >= 0.3 is 0 Å². The highest BCUT2D eigenvalue weighted by Gasteiger charge is 2.24. The lowest BCUT2D eigenvalue weighted by Crippen LogP contribution is -2.44. The van der Waals surface area contributed by atoms with E-state index in [4.69, 9.17) is 10.5 Å². The SMILES string of the molecule is CC(O)Cc1ccc(-c2cc(C(N)=O)c(Nc3cccc(C(=O)N4CCO[C@H](C)C4)n3)s2)c(F)c1. The van der Waals surface area contributed by atoms with Gasteiger partial charge in [0.2, 0.25) is 0 Å². The van der Waals surface area contributed by atoms with Crippen molar-refractivity contribution in [3.8, 4) is 10.4 Å². The maximum absolute atomic E-state index is 14.8. The first-order valence-corrected chi connectivity index (χ1v) is 12.1. The standard InChI is InChI=1S/C25H27FN4O4S/c1-14(31)10-16-6-7-17(19(26)11-16)21-12-18(23(27)32)24(35-21)29-22-5-3-4-20(28-22)25(33)30-8-9-34-15(2)13-30/h3-7,11-12,14-15,31H,8-10,13H2,1-2H3,(H2,27,32)(H,28,29)/t14?,15-/m1/s1. The predicted molar refractivity (Wildman–Crippen MR) is 132 cm³/mol. The Bertz CT molecular complexity index is 1250. The number of aliphatic hydroxyl groups is 1. The quantitative estimate of drug-likeness (QED) is 0.458. The van der Waals surface area contributed by atoms with E-state index >= 15 is 0 Å². The van der Waals surface area contributed by atoms with E-state index in [1.54, 1.807) is 42.2 Å². The van der Waals surface area contributed by atoms with Gasteiger partial charge in [0, 0.05) is 23.5 Å². The molecular formula is C25H27FN4O4S. The third-order valence-corrected chi connectivity index (χ3v) is 6.65. The molecule has 1 aromatic carbocycles. The zero-order valence-electron chi connectivity index (χ0n) is 19.5. The topological polar surface area (TPSA) is 118 Å². The normalized spacial score (nSPS) is 16.7. The number of hydrogen-bond acceptors (Lipinski definition) is 7. The number of aliphatic hydroxyl groups excluding tert-OH is 1. The molecule has 10 heteroatoms. The molecule has 4 N–H and O–H groups in total. The maximum atomic E-state index is 14.8. The summed E-state index contributed by atoms with van der Waals surface area (Å²) >= 11 is 1.16. The van der Waals surface area contributed by atoms with Gasteiger partial charge in [-0.1, -0.05) is 18.2 Å². The molecule has 8 nitrogen and oxygen atoms in total. The van der Waals surface area contributed by atoms with Crippen molar-refractivity contribution in [1.29, 1.82) is 0 Å². The van der Waals surface area contributed by atoms with Crippen LogP contribution in [-0.2, 0) is 11.2 Å². The van der Waals surface area contributed by atoms with E-state index in [9.17, 15) is 19.1 Å². The van der Waals surface area contributed by atoms with Gasteiger partial charge in [0.15, 0.2) is 0 Å². The van der Waals surface area contributed by atoms with Crippen LogP contribution in [0.2, 0.25) is 0 Å². The first-order valence-electron chi connectivity index (χ1n) is 11.3. The number of nitrogens with two attached hydrogens (primary N) is 1. The van der Waals surface area contributed by atoms with Crippen LogP contribution in [0.3, 0.4) is 0 Å². The number of ether oxygens (including phenoxy) is 1. The monoisotopic (exact) mass is 498 g/mol. The average Bonchev–Trinajstić information content (AvgIpc) is 3.22. The second kappa shape index (κ2) is 10.5. The lowest BCUT2D eigenvalue weighted by molar-refractivity contribution is -0.0126. The van der Waals surface area contributed by atoms with Gasteiger partial charge in [-0.05, 0) is 50.1 Å². The third-order valence-electron chi connectivity index (χ3n) is 5.57. The Balaban J connectivity index is 1.59. The van der Waals surface area contributed by atoms with Crippen molar-refractivity contribution in [2.75, 3.05) is 25.0 Å². The first kappa shape index (κ1) is 24.8. The number of primary amides is 1. The Hall–Kier alpha value is -3.34. The summed E-state index contributed by atoms with van der Waals surface area (Å²) in [5, 5.41) is 13.0. The number of nitrogens with zero attached hydrogens (tertiary/aromatic N) is 2. The molecule has 2 atom stereocenters. The van der Waals surface area contributed by atoms with Crippen LogP contribution in [0.4, 0.5) is 15.2 Å². The minimum Gasteiger partial charge on any atom is -0.393 e. The van der Waals surface area contributed by atoms with E-state index in [0.29, 0.717) is 52.9 Å². The zero-order chi connectivity index (χ0) is 25.1. The molecule has 3 heterocycles. The van der Waals surface area contributed by atoms with Crippen molar-refractivity contribution in [3.05, 3.63) is 65.1 Å². The van der Waals surface area contributed by atoms with Crippen LogP contribution in [0.25, 0.3) is 10.4 Å². The average molecular weight is 499 g/mol. The van der Waals surface area contributed by atoms with Crippen molar-refractivity contribution in [2.24, 2.45) is 5.73 Å². The number of nitrogens with one attached hydrogen (secondary N) is 1. The number of anilines is 2. The molecule has 35 heavy (non-hydrogen) atoms. The Kier molecular flexibility index (Phi) is 7.44. The molecule has 0 aliphatic carbocycles. The van der Waals surface area contributed by atoms with Gasteiger partial charge in [-0.15, -0.1) is 11.3 Å². The molecule has 4 rings (SSSR count). The van der Waals surface area contributed by atoms with Gasteiger partial charge < -0.3 is 25.8 Å². The van der Waals surface area contributed by atoms with Gasteiger partial charge in [-0.25, -0.2) is 9.37 Å². The molecule has 1 fully saturated rings. The number of thiophene rings is 1. The second-order valence-corrected chi connectivity index (χ2v) is 9.60. The first-order chi connectivity index (χ1) is 16.7. The van der Waals surface area contributed by atoms with Gasteiger partial charge in [-0.3, -0.25) is 9.59 Å². The molecule has 1 unspecified atom stereocenters. The van der Waals surface area contributed by atoms with Crippen molar-refractivity contribution in [2.45, 2.75) is 32.5 Å². The van der Waals surface area contributed by atoms with Crippen LogP contribution in [0.15, 0.2) is 42.5 Å². The molecule has 3 aromatic rings. The highest BCUT2D eigenvalue weighted by molar-refractivity contribution is 7.19.